The fraction of sp³-hybridized carbons (Fsp3) is 0.333. The van der Waals surface area contributed by atoms with E-state index in [1.165, 1.54) is 0 Å². The van der Waals surface area contributed by atoms with E-state index in [1.54, 1.807) is 27.8 Å². The fourth-order valence-corrected chi connectivity index (χ4v) is 5.43. The van der Waals surface area contributed by atoms with Crippen LogP contribution in [0.4, 0.5) is 0 Å². The predicted molar refractivity (Wildman–Crippen MR) is 112 cm³/mol. The van der Waals surface area contributed by atoms with Crippen LogP contribution in [-0.4, -0.2) is 58.6 Å². The summed E-state index contributed by atoms with van der Waals surface area (Å²) in [7, 11) is -3.45. The Bertz CT molecular complexity index is 1090. The lowest BCUT2D eigenvalue weighted by Crippen LogP contribution is -2.48. The summed E-state index contributed by atoms with van der Waals surface area (Å²) in [5.41, 5.74) is 1.04. The number of nitrogens with one attached hydrogen (secondary N) is 1. The number of hydrogen-bond acceptors (Lipinski definition) is 6. The minimum Gasteiger partial charge on any atom is -0.282 e. The second-order valence-corrected chi connectivity index (χ2v) is 9.99. The van der Waals surface area contributed by atoms with Crippen molar-refractivity contribution in [2.45, 2.75) is 18.5 Å². The standard InChI is InChI=1S/C18H21N5O2S3/c1-14-4-6-15(7-5-14)28(24,25)22-10-8-21(9-11-22)13-23-18(26)19-17(20-23)16-3-2-12-27-16/h2-7,12H,8-11,13H2,1H3,(H,19,20,26). The van der Waals surface area contributed by atoms with Gasteiger partial charge in [0.25, 0.3) is 0 Å². The molecule has 148 valence electrons. The van der Waals surface area contributed by atoms with E-state index < -0.39 is 10.0 Å². The summed E-state index contributed by atoms with van der Waals surface area (Å²) < 4.78 is 29.5. The molecule has 1 aliphatic rings. The molecule has 0 aliphatic carbocycles. The van der Waals surface area contributed by atoms with E-state index in [4.69, 9.17) is 12.2 Å². The maximum absolute atomic E-state index is 12.8. The highest BCUT2D eigenvalue weighted by Crippen LogP contribution is 2.21. The van der Waals surface area contributed by atoms with Gasteiger partial charge < -0.3 is 0 Å². The topological polar surface area (TPSA) is 74.2 Å². The highest BCUT2D eigenvalue weighted by molar-refractivity contribution is 7.89. The van der Waals surface area contributed by atoms with Gasteiger partial charge in [0.2, 0.25) is 14.8 Å². The van der Waals surface area contributed by atoms with Gasteiger partial charge in [0.05, 0.1) is 16.4 Å². The third-order valence-corrected chi connectivity index (χ3v) is 7.87. The molecule has 7 nitrogen and oxygen atoms in total. The Morgan fingerprint density at radius 3 is 2.50 bits per heavy atom. The average Bonchev–Trinajstić information content (AvgIpc) is 3.33. The number of H-pyrrole nitrogens is 1. The van der Waals surface area contributed by atoms with Crippen LogP contribution >= 0.6 is 23.6 Å². The molecule has 28 heavy (non-hydrogen) atoms. The molecular weight excluding hydrogens is 414 g/mol. The Kier molecular flexibility index (Phi) is 5.48. The van der Waals surface area contributed by atoms with E-state index in [1.807, 2.05) is 41.3 Å². The first-order valence-corrected chi connectivity index (χ1v) is 11.7. The van der Waals surface area contributed by atoms with E-state index in [2.05, 4.69) is 15.0 Å². The van der Waals surface area contributed by atoms with Crippen molar-refractivity contribution < 1.29 is 8.42 Å². The van der Waals surface area contributed by atoms with Crippen molar-refractivity contribution in [1.29, 1.82) is 0 Å². The maximum atomic E-state index is 12.8. The van der Waals surface area contributed by atoms with Crippen LogP contribution in [0.25, 0.3) is 10.7 Å². The zero-order valence-corrected chi connectivity index (χ0v) is 17.9. The molecule has 4 rings (SSSR count). The van der Waals surface area contributed by atoms with E-state index in [9.17, 15) is 8.42 Å². The SMILES string of the molecule is Cc1ccc(S(=O)(=O)N2CCN(Cn3[nH]c(-c4cccs4)nc3=S)CC2)cc1. The first-order valence-electron chi connectivity index (χ1n) is 8.93. The van der Waals surface area contributed by atoms with Crippen LogP contribution < -0.4 is 0 Å². The number of aromatic amines is 1. The molecule has 1 aliphatic heterocycles. The quantitative estimate of drug-likeness (QED) is 0.624. The Labute approximate surface area is 173 Å². The monoisotopic (exact) mass is 435 g/mol. The molecular formula is C18H21N5O2S3. The molecule has 0 bridgehead atoms. The van der Waals surface area contributed by atoms with Gasteiger partial charge in [0, 0.05) is 26.2 Å². The molecule has 0 radical (unpaired) electrons. The summed E-state index contributed by atoms with van der Waals surface area (Å²) in [4.78, 5) is 7.98. The summed E-state index contributed by atoms with van der Waals surface area (Å²) in [5.74, 6) is 0.764. The molecule has 3 aromatic rings. The largest absolute Gasteiger partial charge is 0.282 e. The molecule has 1 N–H and O–H groups in total. The molecule has 3 heterocycles. The minimum atomic E-state index is -3.45. The van der Waals surface area contributed by atoms with E-state index in [0.717, 1.165) is 16.3 Å². The highest BCUT2D eigenvalue weighted by Gasteiger charge is 2.28. The molecule has 1 saturated heterocycles. The van der Waals surface area contributed by atoms with Gasteiger partial charge in [-0.2, -0.15) is 9.29 Å². The van der Waals surface area contributed by atoms with Crippen LogP contribution in [0, 0.1) is 11.7 Å². The van der Waals surface area contributed by atoms with Crippen LogP contribution in [0.15, 0.2) is 46.7 Å². The Morgan fingerprint density at radius 1 is 1.14 bits per heavy atom. The van der Waals surface area contributed by atoms with Gasteiger partial charge in [0.1, 0.15) is 0 Å². The Morgan fingerprint density at radius 2 is 1.86 bits per heavy atom. The van der Waals surface area contributed by atoms with Crippen molar-refractivity contribution in [3.63, 3.8) is 0 Å². The maximum Gasteiger partial charge on any atom is 0.243 e. The summed E-state index contributed by atoms with van der Waals surface area (Å²) in [6.07, 6.45) is 0. The van der Waals surface area contributed by atoms with Crippen molar-refractivity contribution in [2.24, 2.45) is 0 Å². The van der Waals surface area contributed by atoms with Gasteiger partial charge in [-0.05, 0) is 42.7 Å². The first-order chi connectivity index (χ1) is 13.4. The number of piperazine rings is 1. The van der Waals surface area contributed by atoms with Gasteiger partial charge >= 0.3 is 0 Å². The zero-order chi connectivity index (χ0) is 19.7. The van der Waals surface area contributed by atoms with E-state index >= 15 is 0 Å². The van der Waals surface area contributed by atoms with Crippen molar-refractivity contribution >= 4 is 33.6 Å². The van der Waals surface area contributed by atoms with Crippen LogP contribution in [-0.2, 0) is 16.7 Å². The van der Waals surface area contributed by atoms with Gasteiger partial charge in [-0.15, -0.1) is 11.3 Å². The van der Waals surface area contributed by atoms with Gasteiger partial charge in [-0.25, -0.2) is 13.1 Å². The third-order valence-electron chi connectivity index (χ3n) is 4.77. The summed E-state index contributed by atoms with van der Waals surface area (Å²) >= 11 is 6.97. The molecule has 0 unspecified atom stereocenters. The third kappa shape index (κ3) is 3.96. The molecule has 1 fully saturated rings. The number of aryl methyl sites for hydroxylation is 1. The van der Waals surface area contributed by atoms with Crippen molar-refractivity contribution in [2.75, 3.05) is 26.2 Å². The second-order valence-electron chi connectivity index (χ2n) is 6.74. The second kappa shape index (κ2) is 7.88. The molecule has 1 aromatic carbocycles. The number of thiophene rings is 1. The first kappa shape index (κ1) is 19.5. The van der Waals surface area contributed by atoms with E-state index in [0.29, 0.717) is 42.5 Å². The van der Waals surface area contributed by atoms with Crippen LogP contribution in [0.5, 0.6) is 0 Å². The molecule has 0 amide bonds. The molecule has 10 heteroatoms. The van der Waals surface area contributed by atoms with Crippen LogP contribution in [0.2, 0.25) is 0 Å². The Balaban J connectivity index is 1.41. The number of aromatic nitrogens is 3. The summed E-state index contributed by atoms with van der Waals surface area (Å²) in [5, 5.41) is 5.24. The van der Waals surface area contributed by atoms with Crippen molar-refractivity contribution in [1.82, 2.24) is 24.0 Å². The lowest BCUT2D eigenvalue weighted by atomic mass is 10.2. The lowest BCUT2D eigenvalue weighted by molar-refractivity contribution is 0.145. The summed E-state index contributed by atoms with van der Waals surface area (Å²) in [6.45, 7) is 4.69. The number of nitrogens with zero attached hydrogens (tertiary/aromatic N) is 4. The smallest absolute Gasteiger partial charge is 0.243 e. The summed E-state index contributed by atoms with van der Waals surface area (Å²) in [6, 6.07) is 11.0. The number of hydrogen-bond donors (Lipinski definition) is 1. The van der Waals surface area contributed by atoms with Crippen LogP contribution in [0.1, 0.15) is 5.56 Å². The fourth-order valence-electron chi connectivity index (χ4n) is 3.15. The van der Waals surface area contributed by atoms with Crippen LogP contribution in [0.3, 0.4) is 0 Å². The normalized spacial score (nSPS) is 16.5. The van der Waals surface area contributed by atoms with E-state index in [-0.39, 0.29) is 0 Å². The molecule has 0 saturated carbocycles. The zero-order valence-electron chi connectivity index (χ0n) is 15.4. The molecule has 0 spiro atoms. The Hall–Kier alpha value is -1.85. The van der Waals surface area contributed by atoms with Gasteiger partial charge in [0.15, 0.2) is 5.82 Å². The highest BCUT2D eigenvalue weighted by atomic mass is 32.2. The lowest BCUT2D eigenvalue weighted by Gasteiger charge is -2.33. The number of benzene rings is 1. The molecule has 0 atom stereocenters. The number of rotatable bonds is 5. The van der Waals surface area contributed by atoms with Gasteiger partial charge in [-0.1, -0.05) is 23.8 Å². The minimum absolute atomic E-state index is 0.350. The average molecular weight is 436 g/mol. The molecule has 2 aromatic heterocycles. The van der Waals surface area contributed by atoms with Gasteiger partial charge in [-0.3, -0.25) is 10.00 Å². The van der Waals surface area contributed by atoms with Crippen molar-refractivity contribution in [3.8, 4) is 10.7 Å². The predicted octanol–water partition coefficient (Wildman–Crippen LogP) is 2.94. The van der Waals surface area contributed by atoms with Crippen molar-refractivity contribution in [3.05, 3.63) is 52.1 Å². The number of sulfonamides is 1.